The Balaban J connectivity index is 2.34. The summed E-state index contributed by atoms with van der Waals surface area (Å²) in [7, 11) is -2.37. The van der Waals surface area contributed by atoms with Gasteiger partial charge in [-0.05, 0) is 25.1 Å². The van der Waals surface area contributed by atoms with Crippen LogP contribution in [0.5, 0.6) is 0 Å². The Bertz CT molecular complexity index is 751. The van der Waals surface area contributed by atoms with E-state index in [1.54, 1.807) is 13.0 Å². The fourth-order valence-electron chi connectivity index (χ4n) is 1.57. The Morgan fingerprint density at radius 1 is 1.45 bits per heavy atom. The molecule has 8 heteroatoms. The van der Waals surface area contributed by atoms with Crippen LogP contribution in [0.15, 0.2) is 27.8 Å². The molecular weight excluding hydrogens is 282 g/mol. The zero-order valence-corrected chi connectivity index (χ0v) is 12.0. The predicted molar refractivity (Wildman–Crippen MR) is 73.8 cm³/mol. The van der Waals surface area contributed by atoms with Gasteiger partial charge in [-0.25, -0.2) is 8.42 Å². The lowest BCUT2D eigenvalue weighted by Crippen LogP contribution is -2.32. The molecule has 1 aromatic carbocycles. The molecule has 108 valence electrons. The van der Waals surface area contributed by atoms with Gasteiger partial charge in [-0.1, -0.05) is 0 Å². The van der Waals surface area contributed by atoms with Crippen molar-refractivity contribution in [1.29, 1.82) is 0 Å². The van der Waals surface area contributed by atoms with Crippen molar-refractivity contribution in [2.75, 3.05) is 25.1 Å². The first-order valence-corrected chi connectivity index (χ1v) is 7.61. The Kier molecular flexibility index (Phi) is 3.67. The molecule has 0 aliphatic heterocycles. The number of nitrogen functional groups attached to an aromatic ring is 1. The lowest BCUT2D eigenvalue weighted by Gasteiger charge is -2.13. The fraction of sp³-hybridized carbons (Fsp3) is 0.333. The molecule has 0 saturated carbocycles. The summed E-state index contributed by atoms with van der Waals surface area (Å²) < 4.78 is 29.3. The van der Waals surface area contributed by atoms with Crippen LogP contribution < -0.4 is 5.73 Å². The van der Waals surface area contributed by atoms with Gasteiger partial charge in [-0.3, -0.25) is 4.79 Å². The van der Waals surface area contributed by atoms with Crippen LogP contribution in [0.3, 0.4) is 0 Å². The topological polar surface area (TPSA) is 106 Å². The second-order valence-corrected chi connectivity index (χ2v) is 6.24. The first-order chi connectivity index (χ1) is 9.33. The highest BCUT2D eigenvalue weighted by molar-refractivity contribution is 7.91. The highest BCUT2D eigenvalue weighted by Crippen LogP contribution is 2.21. The lowest BCUT2D eigenvalue weighted by atomic mass is 10.3. The third-order valence-corrected chi connectivity index (χ3v) is 4.21. The van der Waals surface area contributed by atoms with Crippen LogP contribution in [0.2, 0.25) is 0 Å². The summed E-state index contributed by atoms with van der Waals surface area (Å²) in [6.07, 6.45) is 0. The number of hydrogen-bond donors (Lipinski definition) is 1. The Hall–Kier alpha value is -2.09. The van der Waals surface area contributed by atoms with Crippen molar-refractivity contribution in [2.24, 2.45) is 0 Å². The van der Waals surface area contributed by atoms with Gasteiger partial charge in [0.1, 0.15) is 11.3 Å². The fourth-order valence-corrected chi connectivity index (χ4v) is 2.69. The van der Waals surface area contributed by atoms with Crippen LogP contribution in [0.25, 0.3) is 11.1 Å². The minimum absolute atomic E-state index is 0.314. The van der Waals surface area contributed by atoms with E-state index in [4.69, 9.17) is 10.2 Å². The van der Waals surface area contributed by atoms with Crippen molar-refractivity contribution in [2.45, 2.75) is 12.1 Å². The van der Waals surface area contributed by atoms with Crippen molar-refractivity contribution in [1.82, 2.24) is 9.88 Å². The molecule has 1 heterocycles. The van der Waals surface area contributed by atoms with E-state index in [-0.39, 0.29) is 0 Å². The molecule has 0 saturated heterocycles. The molecule has 0 unspecified atom stereocenters. The van der Waals surface area contributed by atoms with E-state index in [1.165, 1.54) is 24.1 Å². The number of sulfone groups is 1. The number of nitrogens with zero attached hydrogens (tertiary/aromatic N) is 2. The first-order valence-electron chi connectivity index (χ1n) is 5.96. The number of hydrogen-bond acceptors (Lipinski definition) is 6. The summed E-state index contributed by atoms with van der Waals surface area (Å²) in [5.74, 6) is -1.17. The van der Waals surface area contributed by atoms with Crippen molar-refractivity contribution in [3.63, 3.8) is 0 Å². The van der Waals surface area contributed by atoms with Crippen LogP contribution >= 0.6 is 0 Å². The number of rotatable bonds is 4. The molecular formula is C12H15N3O4S. The van der Waals surface area contributed by atoms with Gasteiger partial charge in [-0.2, -0.15) is 4.98 Å². The molecule has 1 amide bonds. The van der Waals surface area contributed by atoms with Gasteiger partial charge in [0, 0.05) is 19.3 Å². The number of oxazole rings is 1. The van der Waals surface area contributed by atoms with Crippen molar-refractivity contribution in [3.05, 3.63) is 18.2 Å². The molecule has 20 heavy (non-hydrogen) atoms. The average Bonchev–Trinajstić information content (AvgIpc) is 2.80. The van der Waals surface area contributed by atoms with Crippen molar-refractivity contribution >= 4 is 32.5 Å². The minimum atomic E-state index is -3.90. The number of fused-ring (bicyclic) bond motifs is 1. The zero-order valence-electron chi connectivity index (χ0n) is 11.2. The molecule has 0 fully saturated rings. The van der Waals surface area contributed by atoms with E-state index in [0.717, 1.165) is 0 Å². The summed E-state index contributed by atoms with van der Waals surface area (Å²) >= 11 is 0. The maximum absolute atomic E-state index is 12.1. The van der Waals surface area contributed by atoms with Crippen LogP contribution in [0.1, 0.15) is 6.92 Å². The summed E-state index contributed by atoms with van der Waals surface area (Å²) in [6.45, 7) is 2.19. The van der Waals surface area contributed by atoms with Gasteiger partial charge in [0.15, 0.2) is 5.58 Å². The van der Waals surface area contributed by atoms with E-state index in [2.05, 4.69) is 4.98 Å². The number of benzene rings is 1. The standard InChI is InChI=1S/C12H15N3O4S/c1-3-15(2)11(16)7-20(17,18)12-14-9-6-8(13)4-5-10(9)19-12/h4-6H,3,7,13H2,1-2H3. The predicted octanol–water partition coefficient (Wildman–Crippen LogP) is 0.662. The Morgan fingerprint density at radius 3 is 2.80 bits per heavy atom. The zero-order chi connectivity index (χ0) is 14.9. The maximum atomic E-state index is 12.1. The summed E-state index contributed by atoms with van der Waals surface area (Å²) in [6, 6.07) is 4.63. The molecule has 0 bridgehead atoms. The Labute approximate surface area is 116 Å². The molecule has 2 rings (SSSR count). The molecule has 7 nitrogen and oxygen atoms in total. The molecule has 0 spiro atoms. The molecule has 2 aromatic rings. The molecule has 0 atom stereocenters. The van der Waals surface area contributed by atoms with Crippen LogP contribution in [0, 0.1) is 0 Å². The third kappa shape index (κ3) is 2.74. The number of nitrogens with two attached hydrogens (primary N) is 1. The summed E-state index contributed by atoms with van der Waals surface area (Å²) in [5.41, 5.74) is 6.70. The number of carbonyl (C=O) groups excluding carboxylic acids is 1. The van der Waals surface area contributed by atoms with Crippen LogP contribution in [-0.4, -0.2) is 43.6 Å². The highest BCUT2D eigenvalue weighted by atomic mass is 32.2. The van der Waals surface area contributed by atoms with Gasteiger partial charge in [-0.15, -0.1) is 0 Å². The maximum Gasteiger partial charge on any atom is 0.316 e. The number of anilines is 1. The molecule has 2 N–H and O–H groups in total. The van der Waals surface area contributed by atoms with E-state index < -0.39 is 26.7 Å². The third-order valence-electron chi connectivity index (χ3n) is 2.87. The molecule has 1 aromatic heterocycles. The van der Waals surface area contributed by atoms with Gasteiger partial charge in [0.05, 0.1) is 0 Å². The quantitative estimate of drug-likeness (QED) is 0.831. The second kappa shape index (κ2) is 5.12. The van der Waals surface area contributed by atoms with Gasteiger partial charge < -0.3 is 15.1 Å². The van der Waals surface area contributed by atoms with Crippen LogP contribution in [0.4, 0.5) is 5.69 Å². The average molecular weight is 297 g/mol. The second-order valence-electron chi connectivity index (χ2n) is 4.37. The van der Waals surface area contributed by atoms with E-state index in [1.807, 2.05) is 0 Å². The van der Waals surface area contributed by atoms with Crippen LogP contribution in [-0.2, 0) is 14.6 Å². The van der Waals surface area contributed by atoms with Gasteiger partial charge in [0.25, 0.3) is 0 Å². The largest absolute Gasteiger partial charge is 0.428 e. The van der Waals surface area contributed by atoms with Gasteiger partial charge >= 0.3 is 5.22 Å². The minimum Gasteiger partial charge on any atom is -0.428 e. The number of aromatic nitrogens is 1. The summed E-state index contributed by atoms with van der Waals surface area (Å²) in [4.78, 5) is 16.9. The molecule has 0 radical (unpaired) electrons. The normalized spacial score (nSPS) is 11.7. The SMILES string of the molecule is CCN(C)C(=O)CS(=O)(=O)c1nc2cc(N)ccc2o1. The lowest BCUT2D eigenvalue weighted by molar-refractivity contribution is -0.126. The number of amides is 1. The number of carbonyl (C=O) groups is 1. The van der Waals surface area contributed by atoms with E-state index >= 15 is 0 Å². The van der Waals surface area contributed by atoms with Crippen molar-refractivity contribution in [3.8, 4) is 0 Å². The monoisotopic (exact) mass is 297 g/mol. The van der Waals surface area contributed by atoms with E-state index in [0.29, 0.717) is 23.3 Å². The Morgan fingerprint density at radius 2 is 2.15 bits per heavy atom. The van der Waals surface area contributed by atoms with Crippen molar-refractivity contribution < 1.29 is 17.6 Å². The van der Waals surface area contributed by atoms with Gasteiger partial charge in [0.2, 0.25) is 15.7 Å². The molecule has 0 aliphatic rings. The first kappa shape index (κ1) is 14.3. The highest BCUT2D eigenvalue weighted by Gasteiger charge is 2.26. The summed E-state index contributed by atoms with van der Waals surface area (Å²) in [5, 5.41) is -0.462. The molecule has 0 aliphatic carbocycles. The smallest absolute Gasteiger partial charge is 0.316 e. The van der Waals surface area contributed by atoms with E-state index in [9.17, 15) is 13.2 Å².